The molecule has 1 amide bonds. The van der Waals surface area contributed by atoms with E-state index in [9.17, 15) is 4.79 Å². The van der Waals surface area contributed by atoms with E-state index in [1.165, 1.54) is 0 Å². The van der Waals surface area contributed by atoms with Crippen molar-refractivity contribution in [1.29, 1.82) is 0 Å². The Hall–Kier alpha value is -0.570. The van der Waals surface area contributed by atoms with Gasteiger partial charge in [-0.2, -0.15) is 0 Å². The van der Waals surface area contributed by atoms with Gasteiger partial charge in [0.25, 0.3) is 0 Å². The lowest BCUT2D eigenvalue weighted by Crippen LogP contribution is -2.48. The molecule has 34 valence electrons. The molecule has 0 unspecified atom stereocenters. The van der Waals surface area contributed by atoms with Crippen LogP contribution in [0.4, 0.5) is 0 Å². The first-order valence-electron chi connectivity index (χ1n) is 1.76. The highest BCUT2D eigenvalue weighted by Gasteiger charge is 2.21. The molecule has 1 saturated heterocycles. The molecule has 1 aliphatic heterocycles. The second-order valence-corrected chi connectivity index (χ2v) is 1.29. The standard InChI is InChI=1S/C3H5NO2/c5-2-1-3(6)4-2/h2,5H,1H2,(H,4,6)/t2-/m1/s1. The minimum atomic E-state index is -0.558. The fourth-order valence-electron chi connectivity index (χ4n) is 0.340. The van der Waals surface area contributed by atoms with Gasteiger partial charge in [0.1, 0.15) is 6.23 Å². The summed E-state index contributed by atoms with van der Waals surface area (Å²) in [5.41, 5.74) is 0. The lowest BCUT2D eigenvalue weighted by molar-refractivity contribution is -0.135. The van der Waals surface area contributed by atoms with Crippen molar-refractivity contribution in [3.63, 3.8) is 0 Å². The lowest BCUT2D eigenvalue weighted by Gasteiger charge is -2.19. The summed E-state index contributed by atoms with van der Waals surface area (Å²) in [5.74, 6) is -0.0671. The monoisotopic (exact) mass is 87.0 g/mol. The van der Waals surface area contributed by atoms with E-state index in [0.29, 0.717) is 0 Å². The molecule has 1 aliphatic rings. The summed E-state index contributed by atoms with van der Waals surface area (Å²) in [6.07, 6.45) is -0.280. The van der Waals surface area contributed by atoms with Gasteiger partial charge in [-0.15, -0.1) is 0 Å². The number of hydrogen-bond acceptors (Lipinski definition) is 2. The van der Waals surface area contributed by atoms with Gasteiger partial charge in [0.05, 0.1) is 6.42 Å². The third-order valence-corrected chi connectivity index (χ3v) is 0.706. The number of carbonyl (C=O) groups excluding carboxylic acids is 1. The molecule has 0 bridgehead atoms. The van der Waals surface area contributed by atoms with Gasteiger partial charge in [0.15, 0.2) is 0 Å². The molecule has 0 spiro atoms. The van der Waals surface area contributed by atoms with Gasteiger partial charge in [-0.1, -0.05) is 0 Å². The van der Waals surface area contributed by atoms with Crippen LogP contribution in [0.2, 0.25) is 0 Å². The van der Waals surface area contributed by atoms with Crippen LogP contribution in [0.1, 0.15) is 6.42 Å². The maximum atomic E-state index is 9.84. The van der Waals surface area contributed by atoms with Crippen molar-refractivity contribution in [1.82, 2.24) is 5.32 Å². The van der Waals surface area contributed by atoms with E-state index < -0.39 is 6.23 Å². The molecule has 0 aromatic rings. The van der Waals surface area contributed by atoms with Crippen molar-refractivity contribution < 1.29 is 9.90 Å². The van der Waals surface area contributed by atoms with Gasteiger partial charge < -0.3 is 10.4 Å². The number of carbonyl (C=O) groups is 1. The maximum absolute atomic E-state index is 9.84. The summed E-state index contributed by atoms with van der Waals surface area (Å²) in [7, 11) is 0. The van der Waals surface area contributed by atoms with Crippen molar-refractivity contribution in [3.8, 4) is 0 Å². The Labute approximate surface area is 35.0 Å². The summed E-state index contributed by atoms with van der Waals surface area (Å²) in [6.45, 7) is 0. The van der Waals surface area contributed by atoms with Crippen molar-refractivity contribution in [3.05, 3.63) is 0 Å². The average molecular weight is 87.1 g/mol. The molecule has 0 aliphatic carbocycles. The van der Waals surface area contributed by atoms with Crippen molar-refractivity contribution in [2.45, 2.75) is 12.6 Å². The fourth-order valence-corrected chi connectivity index (χ4v) is 0.340. The summed E-state index contributed by atoms with van der Waals surface area (Å²) in [4.78, 5) is 9.84. The fraction of sp³-hybridized carbons (Fsp3) is 0.667. The van der Waals surface area contributed by atoms with E-state index in [4.69, 9.17) is 5.11 Å². The number of aliphatic hydroxyl groups is 1. The smallest absolute Gasteiger partial charge is 0.226 e. The number of amides is 1. The molecular formula is C3H5NO2. The molecule has 1 atom stereocenters. The van der Waals surface area contributed by atoms with Crippen LogP contribution in [-0.4, -0.2) is 17.2 Å². The average Bonchev–Trinajstić information content (AvgIpc) is 1.33. The Morgan fingerprint density at radius 2 is 2.50 bits per heavy atom. The molecule has 0 saturated carbocycles. The first-order valence-corrected chi connectivity index (χ1v) is 1.76. The molecule has 2 N–H and O–H groups in total. The molecule has 3 heteroatoms. The van der Waals surface area contributed by atoms with Crippen LogP contribution in [0.5, 0.6) is 0 Å². The minimum absolute atomic E-state index is 0.0671. The van der Waals surface area contributed by atoms with Gasteiger partial charge in [0.2, 0.25) is 5.91 Å². The first-order chi connectivity index (χ1) is 2.79. The predicted octanol–water partition coefficient (Wildman–Crippen LogP) is -1.18. The number of nitrogens with one attached hydrogen (secondary N) is 1. The third kappa shape index (κ3) is 0.367. The van der Waals surface area contributed by atoms with E-state index in [1.807, 2.05) is 0 Å². The van der Waals surface area contributed by atoms with Gasteiger partial charge >= 0.3 is 0 Å². The second kappa shape index (κ2) is 0.944. The highest BCUT2D eigenvalue weighted by Crippen LogP contribution is 1.96. The summed E-state index contributed by atoms with van der Waals surface area (Å²) in [6, 6.07) is 0. The molecule has 1 heterocycles. The highest BCUT2D eigenvalue weighted by molar-refractivity contribution is 5.81. The normalized spacial score (nSPS) is 31.5. The number of rotatable bonds is 0. The summed E-state index contributed by atoms with van der Waals surface area (Å²) < 4.78 is 0. The highest BCUT2D eigenvalue weighted by atomic mass is 16.3. The van der Waals surface area contributed by atoms with Crippen molar-refractivity contribution in [2.24, 2.45) is 0 Å². The van der Waals surface area contributed by atoms with E-state index in [2.05, 4.69) is 5.32 Å². The van der Waals surface area contributed by atoms with Crippen LogP contribution in [-0.2, 0) is 4.79 Å². The van der Waals surface area contributed by atoms with Crippen LogP contribution < -0.4 is 5.32 Å². The van der Waals surface area contributed by atoms with E-state index in [0.717, 1.165) is 0 Å². The van der Waals surface area contributed by atoms with E-state index >= 15 is 0 Å². The summed E-state index contributed by atoms with van der Waals surface area (Å²) >= 11 is 0. The molecule has 0 radical (unpaired) electrons. The topological polar surface area (TPSA) is 49.3 Å². The van der Waals surface area contributed by atoms with Crippen molar-refractivity contribution in [2.75, 3.05) is 0 Å². The predicted molar refractivity (Wildman–Crippen MR) is 18.8 cm³/mol. The second-order valence-electron chi connectivity index (χ2n) is 1.29. The Morgan fingerprint density at radius 3 is 2.50 bits per heavy atom. The molecule has 3 nitrogen and oxygen atoms in total. The molecule has 1 fully saturated rings. The van der Waals surface area contributed by atoms with E-state index in [-0.39, 0.29) is 12.3 Å². The largest absolute Gasteiger partial charge is 0.373 e. The Morgan fingerprint density at radius 1 is 2.00 bits per heavy atom. The van der Waals surface area contributed by atoms with E-state index in [1.54, 1.807) is 0 Å². The maximum Gasteiger partial charge on any atom is 0.226 e. The van der Waals surface area contributed by atoms with Crippen LogP contribution in [0, 0.1) is 0 Å². The Bertz CT molecular complexity index is 72.9. The Kier molecular flexibility index (Phi) is 0.569. The quantitative estimate of drug-likeness (QED) is 0.365. The van der Waals surface area contributed by atoms with Crippen LogP contribution in [0.15, 0.2) is 0 Å². The first kappa shape index (κ1) is 3.61. The molecule has 1 rings (SSSR count). The van der Waals surface area contributed by atoms with Gasteiger partial charge in [-0.05, 0) is 0 Å². The molecule has 6 heavy (non-hydrogen) atoms. The SMILES string of the molecule is O=C1C[C@@H](O)N1. The third-order valence-electron chi connectivity index (χ3n) is 0.706. The zero-order valence-corrected chi connectivity index (χ0v) is 3.14. The zero-order valence-electron chi connectivity index (χ0n) is 3.14. The lowest BCUT2D eigenvalue weighted by atomic mass is 10.2. The van der Waals surface area contributed by atoms with Crippen molar-refractivity contribution >= 4 is 5.91 Å². The Balaban J connectivity index is 2.28. The minimum Gasteiger partial charge on any atom is -0.373 e. The van der Waals surface area contributed by atoms with Crippen LogP contribution in [0.25, 0.3) is 0 Å². The van der Waals surface area contributed by atoms with Crippen LogP contribution in [0.3, 0.4) is 0 Å². The zero-order chi connectivity index (χ0) is 4.57. The molecule has 0 aromatic heterocycles. The summed E-state index contributed by atoms with van der Waals surface area (Å²) in [5, 5.41) is 10.5. The van der Waals surface area contributed by atoms with Gasteiger partial charge in [-0.25, -0.2) is 0 Å². The van der Waals surface area contributed by atoms with Gasteiger partial charge in [-0.3, -0.25) is 4.79 Å². The molecule has 0 aromatic carbocycles. The number of β-lactam (4-membered cyclic amide) rings is 1. The van der Waals surface area contributed by atoms with Gasteiger partial charge in [0, 0.05) is 0 Å². The number of hydrogen-bond donors (Lipinski definition) is 2. The van der Waals surface area contributed by atoms with Crippen LogP contribution >= 0.6 is 0 Å². The number of aliphatic hydroxyl groups excluding tert-OH is 1. The molecular weight excluding hydrogens is 82.0 g/mol.